The van der Waals surface area contributed by atoms with E-state index in [-0.39, 0.29) is 23.7 Å². The van der Waals surface area contributed by atoms with Crippen molar-refractivity contribution in [1.82, 2.24) is 4.98 Å². The first-order valence-corrected chi connectivity index (χ1v) is 7.92. The van der Waals surface area contributed by atoms with Crippen LogP contribution in [-0.4, -0.2) is 23.5 Å². The number of carbonyl (C=O) groups excluding carboxylic acids is 2. The molecule has 0 bridgehead atoms. The number of ether oxygens (including phenoxy) is 1. The Hall–Kier alpha value is -1.91. The largest absolute Gasteiger partial charge is 0.466 e. The van der Waals surface area contributed by atoms with Gasteiger partial charge in [-0.05, 0) is 57.2 Å². The van der Waals surface area contributed by atoms with E-state index in [1.807, 2.05) is 19.9 Å². The lowest BCUT2D eigenvalue weighted by Crippen LogP contribution is -2.32. The van der Waals surface area contributed by atoms with Crippen molar-refractivity contribution in [2.75, 3.05) is 11.9 Å². The number of nitrogens with zero attached hydrogens (tertiary/aromatic N) is 1. The molecule has 1 N–H and O–H groups in total. The minimum atomic E-state index is -0.177. The molecule has 120 valence electrons. The highest BCUT2D eigenvalue weighted by Gasteiger charge is 2.32. The van der Waals surface area contributed by atoms with Crippen LogP contribution in [-0.2, 0) is 14.3 Å². The molecule has 0 unspecified atom stereocenters. The zero-order valence-corrected chi connectivity index (χ0v) is 13.5. The van der Waals surface area contributed by atoms with Crippen LogP contribution in [0.4, 0.5) is 5.82 Å². The fourth-order valence-electron chi connectivity index (χ4n) is 2.82. The molecule has 5 nitrogen and oxygen atoms in total. The van der Waals surface area contributed by atoms with Gasteiger partial charge in [0, 0.05) is 12.1 Å². The molecule has 1 heterocycles. The molecule has 1 fully saturated rings. The smallest absolute Gasteiger partial charge is 0.308 e. The highest BCUT2D eigenvalue weighted by molar-refractivity contribution is 5.92. The Balaban J connectivity index is 1.96. The minimum absolute atomic E-state index is 0.0512. The molecular formula is C17H24N2O3. The van der Waals surface area contributed by atoms with Crippen molar-refractivity contribution in [3.8, 4) is 0 Å². The van der Waals surface area contributed by atoms with Gasteiger partial charge in [0.05, 0.1) is 12.5 Å². The summed E-state index contributed by atoms with van der Waals surface area (Å²) in [5.41, 5.74) is 2.19. The molecule has 1 saturated carbocycles. The van der Waals surface area contributed by atoms with E-state index in [2.05, 4.69) is 10.3 Å². The van der Waals surface area contributed by atoms with Crippen LogP contribution in [0.1, 0.15) is 43.7 Å². The van der Waals surface area contributed by atoms with Crippen LogP contribution in [0.2, 0.25) is 0 Å². The quantitative estimate of drug-likeness (QED) is 0.868. The zero-order valence-electron chi connectivity index (χ0n) is 13.5. The number of pyridine rings is 1. The van der Waals surface area contributed by atoms with Crippen molar-refractivity contribution in [2.45, 2.75) is 46.5 Å². The number of anilines is 1. The van der Waals surface area contributed by atoms with Gasteiger partial charge in [0.2, 0.25) is 5.91 Å². The fourth-order valence-corrected chi connectivity index (χ4v) is 2.82. The number of esters is 1. The summed E-state index contributed by atoms with van der Waals surface area (Å²) in [5, 5.41) is 2.87. The fraction of sp³-hybridized carbons (Fsp3) is 0.588. The van der Waals surface area contributed by atoms with E-state index in [9.17, 15) is 9.59 Å². The molecule has 0 spiro atoms. The van der Waals surface area contributed by atoms with Crippen LogP contribution in [0.3, 0.4) is 0 Å². The van der Waals surface area contributed by atoms with E-state index in [0.717, 1.165) is 30.4 Å². The van der Waals surface area contributed by atoms with Crippen LogP contribution in [0.25, 0.3) is 0 Å². The first kappa shape index (κ1) is 16.5. The molecule has 2 rings (SSSR count). The van der Waals surface area contributed by atoms with E-state index in [1.54, 1.807) is 13.1 Å². The van der Waals surface area contributed by atoms with Crippen LogP contribution >= 0.6 is 0 Å². The zero-order chi connectivity index (χ0) is 16.1. The Morgan fingerprint density at radius 1 is 1.27 bits per heavy atom. The first-order valence-electron chi connectivity index (χ1n) is 7.92. The van der Waals surface area contributed by atoms with Crippen molar-refractivity contribution >= 4 is 17.7 Å². The molecule has 1 aromatic heterocycles. The molecule has 22 heavy (non-hydrogen) atoms. The van der Waals surface area contributed by atoms with Crippen LogP contribution in [0.5, 0.6) is 0 Å². The molecule has 1 aliphatic carbocycles. The normalized spacial score (nSPS) is 21.2. The SMILES string of the molecule is CCOC(=O)[C@@H]1CCC[C@H](C(=O)Nc2cc(C)c(C)cn2)C1. The maximum Gasteiger partial charge on any atom is 0.308 e. The number of hydrogen-bond acceptors (Lipinski definition) is 4. The Bertz CT molecular complexity index is 557. The molecule has 5 heteroatoms. The number of amides is 1. The van der Waals surface area contributed by atoms with Crippen molar-refractivity contribution in [1.29, 1.82) is 0 Å². The maximum atomic E-state index is 12.4. The number of carbonyl (C=O) groups is 2. The molecule has 1 aromatic rings. The van der Waals surface area contributed by atoms with Crippen LogP contribution in [0, 0.1) is 25.7 Å². The van der Waals surface area contributed by atoms with Gasteiger partial charge in [-0.1, -0.05) is 6.42 Å². The van der Waals surface area contributed by atoms with Gasteiger partial charge in [-0.25, -0.2) is 4.98 Å². The van der Waals surface area contributed by atoms with Gasteiger partial charge in [0.1, 0.15) is 5.82 Å². The third-order valence-corrected chi connectivity index (χ3v) is 4.29. The maximum absolute atomic E-state index is 12.4. The van der Waals surface area contributed by atoms with Crippen LogP contribution < -0.4 is 5.32 Å². The van der Waals surface area contributed by atoms with E-state index in [0.29, 0.717) is 18.8 Å². The van der Waals surface area contributed by atoms with E-state index in [1.165, 1.54) is 0 Å². The molecular weight excluding hydrogens is 280 g/mol. The summed E-state index contributed by atoms with van der Waals surface area (Å²) in [6.07, 6.45) is 4.82. The van der Waals surface area contributed by atoms with Gasteiger partial charge in [0.15, 0.2) is 0 Å². The molecule has 0 aliphatic heterocycles. The van der Waals surface area contributed by atoms with Gasteiger partial charge in [-0.15, -0.1) is 0 Å². The predicted octanol–water partition coefficient (Wildman–Crippen LogP) is 3.01. The van der Waals surface area contributed by atoms with Gasteiger partial charge in [-0.2, -0.15) is 0 Å². The second-order valence-corrected chi connectivity index (χ2v) is 5.96. The summed E-state index contributed by atoms with van der Waals surface area (Å²) in [7, 11) is 0. The second-order valence-electron chi connectivity index (χ2n) is 5.96. The standard InChI is InChI=1S/C17H24N2O3/c1-4-22-17(21)14-7-5-6-13(9-14)16(20)19-15-8-11(2)12(3)10-18-15/h8,10,13-14H,4-7,9H2,1-3H3,(H,18,19,20)/t13-,14+/m0/s1. The summed E-state index contributed by atoms with van der Waals surface area (Å²) >= 11 is 0. The molecule has 0 radical (unpaired) electrons. The Morgan fingerprint density at radius 3 is 2.68 bits per heavy atom. The van der Waals surface area contributed by atoms with Crippen molar-refractivity contribution in [2.24, 2.45) is 11.8 Å². The Labute approximate surface area is 131 Å². The number of aromatic nitrogens is 1. The van der Waals surface area contributed by atoms with Crippen molar-refractivity contribution in [3.63, 3.8) is 0 Å². The van der Waals surface area contributed by atoms with Gasteiger partial charge in [-0.3, -0.25) is 9.59 Å². The molecule has 1 aliphatic rings. The van der Waals surface area contributed by atoms with Crippen LogP contribution in [0.15, 0.2) is 12.3 Å². The van der Waals surface area contributed by atoms with Gasteiger partial charge in [0.25, 0.3) is 0 Å². The number of nitrogens with one attached hydrogen (secondary N) is 1. The van der Waals surface area contributed by atoms with E-state index in [4.69, 9.17) is 4.74 Å². The van der Waals surface area contributed by atoms with Gasteiger partial charge < -0.3 is 10.1 Å². The third-order valence-electron chi connectivity index (χ3n) is 4.29. The highest BCUT2D eigenvalue weighted by atomic mass is 16.5. The molecule has 1 amide bonds. The van der Waals surface area contributed by atoms with E-state index < -0.39 is 0 Å². The lowest BCUT2D eigenvalue weighted by molar-refractivity contribution is -0.149. The monoisotopic (exact) mass is 304 g/mol. The number of aryl methyl sites for hydroxylation is 2. The lowest BCUT2D eigenvalue weighted by Gasteiger charge is -2.26. The summed E-state index contributed by atoms with van der Waals surface area (Å²) in [6, 6.07) is 1.87. The van der Waals surface area contributed by atoms with Gasteiger partial charge >= 0.3 is 5.97 Å². The molecule has 2 atom stereocenters. The third kappa shape index (κ3) is 4.06. The summed E-state index contributed by atoms with van der Waals surface area (Å²) in [6.45, 7) is 6.16. The highest BCUT2D eigenvalue weighted by Crippen LogP contribution is 2.30. The second kappa shape index (κ2) is 7.38. The average Bonchev–Trinajstić information content (AvgIpc) is 2.51. The summed E-state index contributed by atoms with van der Waals surface area (Å²) in [5.74, 6) is 0.0455. The molecule has 0 saturated heterocycles. The topological polar surface area (TPSA) is 68.3 Å². The number of rotatable bonds is 4. The average molecular weight is 304 g/mol. The Morgan fingerprint density at radius 2 is 2.00 bits per heavy atom. The summed E-state index contributed by atoms with van der Waals surface area (Å²) in [4.78, 5) is 28.5. The number of hydrogen-bond donors (Lipinski definition) is 1. The predicted molar refractivity (Wildman–Crippen MR) is 84.4 cm³/mol. The molecule has 0 aromatic carbocycles. The van der Waals surface area contributed by atoms with Crippen molar-refractivity contribution < 1.29 is 14.3 Å². The van der Waals surface area contributed by atoms with E-state index >= 15 is 0 Å². The summed E-state index contributed by atoms with van der Waals surface area (Å²) < 4.78 is 5.07. The lowest BCUT2D eigenvalue weighted by atomic mass is 9.81. The first-order chi connectivity index (χ1) is 10.5. The minimum Gasteiger partial charge on any atom is -0.466 e. The van der Waals surface area contributed by atoms with Crippen molar-refractivity contribution in [3.05, 3.63) is 23.4 Å². The Kier molecular flexibility index (Phi) is 5.52.